The number of rotatable bonds is 4. The quantitative estimate of drug-likeness (QED) is 0.621. The van der Waals surface area contributed by atoms with E-state index in [1.54, 1.807) is 55.6 Å². The topological polar surface area (TPSA) is 86.4 Å². The average molecular weight is 358 g/mol. The van der Waals surface area contributed by atoms with Crippen molar-refractivity contribution in [2.24, 2.45) is 10.9 Å². The van der Waals surface area contributed by atoms with Gasteiger partial charge in [-0.15, -0.1) is 0 Å². The molecule has 0 saturated heterocycles. The molecule has 2 heterocycles. The average Bonchev–Trinajstić information content (AvgIpc) is 3.54. The molecule has 0 N–H and O–H groups in total. The van der Waals surface area contributed by atoms with E-state index in [1.807, 2.05) is 0 Å². The first-order valence-corrected chi connectivity index (χ1v) is 8.90. The molecule has 2 aromatic rings. The van der Waals surface area contributed by atoms with Crippen molar-refractivity contribution in [3.8, 4) is 6.07 Å². The van der Waals surface area contributed by atoms with Crippen molar-refractivity contribution in [1.82, 2.24) is 4.98 Å². The van der Waals surface area contributed by atoms with E-state index >= 15 is 0 Å². The van der Waals surface area contributed by atoms with Crippen molar-refractivity contribution in [3.05, 3.63) is 59.8 Å². The van der Waals surface area contributed by atoms with Gasteiger partial charge >= 0.3 is 0 Å². The normalized spacial score (nSPS) is 21.6. The summed E-state index contributed by atoms with van der Waals surface area (Å²) in [6.07, 6.45) is 5.01. The van der Waals surface area contributed by atoms with Gasteiger partial charge in [0.15, 0.2) is 0 Å². The highest BCUT2D eigenvalue weighted by Gasteiger charge is 2.43. The Bertz CT molecular complexity index is 975. The van der Waals surface area contributed by atoms with Gasteiger partial charge in [-0.1, -0.05) is 24.3 Å². The third kappa shape index (κ3) is 2.91. The lowest BCUT2D eigenvalue weighted by Crippen LogP contribution is -2.46. The highest BCUT2D eigenvalue weighted by atomic mass is 16.2. The molecule has 27 heavy (non-hydrogen) atoms. The van der Waals surface area contributed by atoms with Crippen molar-refractivity contribution < 1.29 is 9.59 Å². The SMILES string of the molecule is C[C@](C#N)(N=CC1C(=O)N(c2ccccn2)C(=O)c2ccccc21)C1CC1. The van der Waals surface area contributed by atoms with Gasteiger partial charge in [0, 0.05) is 18.0 Å². The third-order valence-electron chi connectivity index (χ3n) is 5.18. The zero-order chi connectivity index (χ0) is 19.0. The number of hydrogen-bond acceptors (Lipinski definition) is 5. The number of hydrogen-bond donors (Lipinski definition) is 0. The minimum Gasteiger partial charge on any atom is -0.275 e. The second-order valence-electron chi connectivity index (χ2n) is 7.04. The summed E-state index contributed by atoms with van der Waals surface area (Å²) >= 11 is 0. The predicted molar refractivity (Wildman–Crippen MR) is 100 cm³/mol. The maximum Gasteiger partial charge on any atom is 0.266 e. The predicted octanol–water partition coefficient (Wildman–Crippen LogP) is 3.12. The number of nitriles is 1. The van der Waals surface area contributed by atoms with Gasteiger partial charge in [0.1, 0.15) is 11.4 Å². The fourth-order valence-electron chi connectivity index (χ4n) is 3.40. The molecule has 1 unspecified atom stereocenters. The van der Waals surface area contributed by atoms with Crippen molar-refractivity contribution >= 4 is 23.8 Å². The van der Waals surface area contributed by atoms with Crippen LogP contribution >= 0.6 is 0 Å². The molecule has 6 nitrogen and oxygen atoms in total. The van der Waals surface area contributed by atoms with Gasteiger partial charge in [-0.25, -0.2) is 9.88 Å². The Morgan fingerprint density at radius 2 is 1.96 bits per heavy atom. The van der Waals surface area contributed by atoms with E-state index in [0.717, 1.165) is 17.7 Å². The maximum absolute atomic E-state index is 13.2. The molecule has 1 aliphatic carbocycles. The minimum absolute atomic E-state index is 0.223. The molecule has 2 atom stereocenters. The number of imide groups is 1. The van der Waals surface area contributed by atoms with Gasteiger partial charge in [-0.3, -0.25) is 14.6 Å². The zero-order valence-corrected chi connectivity index (χ0v) is 14.9. The molecule has 4 rings (SSSR count). The summed E-state index contributed by atoms with van der Waals surface area (Å²) in [5.74, 6) is -1.03. The Kier molecular flexibility index (Phi) is 4.08. The number of anilines is 1. The number of carbonyl (C=O) groups excluding carboxylic acids is 2. The van der Waals surface area contributed by atoms with E-state index in [2.05, 4.69) is 16.0 Å². The first kappa shape index (κ1) is 17.1. The van der Waals surface area contributed by atoms with Gasteiger partial charge in [0.25, 0.3) is 5.91 Å². The van der Waals surface area contributed by atoms with Crippen molar-refractivity contribution in [2.75, 3.05) is 4.90 Å². The molecular formula is C21H18N4O2. The zero-order valence-electron chi connectivity index (χ0n) is 14.9. The molecule has 2 amide bonds. The van der Waals surface area contributed by atoms with Crippen LogP contribution in [0.3, 0.4) is 0 Å². The summed E-state index contributed by atoms with van der Waals surface area (Å²) in [4.78, 5) is 35.9. The first-order valence-electron chi connectivity index (χ1n) is 8.90. The molecule has 1 saturated carbocycles. The van der Waals surface area contributed by atoms with E-state index < -0.39 is 23.3 Å². The molecule has 134 valence electrons. The Balaban J connectivity index is 1.78. The van der Waals surface area contributed by atoms with E-state index in [1.165, 1.54) is 6.21 Å². The number of aliphatic imine (C=N–C) groups is 1. The monoisotopic (exact) mass is 358 g/mol. The van der Waals surface area contributed by atoms with Gasteiger partial charge in [-0.2, -0.15) is 5.26 Å². The van der Waals surface area contributed by atoms with E-state index in [0.29, 0.717) is 11.1 Å². The van der Waals surface area contributed by atoms with Gasteiger partial charge in [-0.05, 0) is 49.4 Å². The lowest BCUT2D eigenvalue weighted by atomic mass is 9.88. The molecular weight excluding hydrogens is 340 g/mol. The number of carbonyl (C=O) groups is 2. The van der Waals surface area contributed by atoms with Crippen molar-refractivity contribution in [1.29, 1.82) is 5.26 Å². The van der Waals surface area contributed by atoms with Crippen LogP contribution in [0.15, 0.2) is 53.7 Å². The lowest BCUT2D eigenvalue weighted by molar-refractivity contribution is -0.118. The van der Waals surface area contributed by atoms with Crippen LogP contribution in [0.1, 0.15) is 41.6 Å². The minimum atomic E-state index is -0.841. The summed E-state index contributed by atoms with van der Waals surface area (Å²) < 4.78 is 0. The molecule has 1 aliphatic heterocycles. The van der Waals surface area contributed by atoms with Gasteiger partial charge in [0.05, 0.1) is 12.0 Å². The van der Waals surface area contributed by atoms with Crippen LogP contribution in [-0.2, 0) is 4.79 Å². The summed E-state index contributed by atoms with van der Waals surface area (Å²) in [7, 11) is 0. The molecule has 0 bridgehead atoms. The van der Waals surface area contributed by atoms with Crippen molar-refractivity contribution in [2.45, 2.75) is 31.2 Å². The number of benzene rings is 1. The Labute approximate surface area is 157 Å². The van der Waals surface area contributed by atoms with Crippen LogP contribution in [0, 0.1) is 17.2 Å². The number of pyridine rings is 1. The molecule has 1 fully saturated rings. The Hall–Kier alpha value is -3.33. The van der Waals surface area contributed by atoms with Crippen LogP contribution in [0.2, 0.25) is 0 Å². The highest BCUT2D eigenvalue weighted by Crippen LogP contribution is 2.42. The number of nitrogens with zero attached hydrogens (tertiary/aromatic N) is 4. The first-order chi connectivity index (χ1) is 13.0. The molecule has 2 aliphatic rings. The van der Waals surface area contributed by atoms with Gasteiger partial charge < -0.3 is 0 Å². The van der Waals surface area contributed by atoms with Crippen LogP contribution in [-0.4, -0.2) is 28.6 Å². The fourth-order valence-corrected chi connectivity index (χ4v) is 3.40. The maximum atomic E-state index is 13.2. The summed E-state index contributed by atoms with van der Waals surface area (Å²) in [5, 5.41) is 9.54. The fraction of sp³-hybridized carbons (Fsp3) is 0.286. The smallest absolute Gasteiger partial charge is 0.266 e. The van der Waals surface area contributed by atoms with E-state index in [-0.39, 0.29) is 11.7 Å². The summed E-state index contributed by atoms with van der Waals surface area (Å²) in [6.45, 7) is 1.79. The van der Waals surface area contributed by atoms with Crippen LogP contribution in [0.4, 0.5) is 5.82 Å². The number of aromatic nitrogens is 1. The molecule has 6 heteroatoms. The second-order valence-corrected chi connectivity index (χ2v) is 7.04. The van der Waals surface area contributed by atoms with Crippen LogP contribution in [0.25, 0.3) is 0 Å². The lowest BCUT2D eigenvalue weighted by Gasteiger charge is -2.30. The van der Waals surface area contributed by atoms with Gasteiger partial charge in [0.2, 0.25) is 5.91 Å². The third-order valence-corrected chi connectivity index (χ3v) is 5.18. The standard InChI is InChI=1S/C21H18N4O2/c1-21(13-22,14-9-10-14)24-12-17-15-6-2-3-7-16(15)19(26)25(20(17)27)18-8-4-5-11-23-18/h2-8,11-12,14,17H,9-10H2,1H3/t17?,21-/m1/s1. The van der Waals surface area contributed by atoms with E-state index in [9.17, 15) is 14.9 Å². The van der Waals surface area contributed by atoms with E-state index in [4.69, 9.17) is 0 Å². The Morgan fingerprint density at radius 1 is 1.22 bits per heavy atom. The largest absolute Gasteiger partial charge is 0.275 e. The molecule has 1 aromatic heterocycles. The summed E-state index contributed by atoms with van der Waals surface area (Å²) in [5.41, 5.74) is 0.218. The molecule has 0 spiro atoms. The highest BCUT2D eigenvalue weighted by molar-refractivity contribution is 6.28. The number of fused-ring (bicyclic) bond motifs is 1. The molecule has 0 radical (unpaired) electrons. The van der Waals surface area contributed by atoms with Crippen LogP contribution < -0.4 is 4.90 Å². The van der Waals surface area contributed by atoms with Crippen molar-refractivity contribution in [3.63, 3.8) is 0 Å². The molecule has 1 aromatic carbocycles. The van der Waals surface area contributed by atoms with Crippen LogP contribution in [0.5, 0.6) is 0 Å². The Morgan fingerprint density at radius 3 is 2.63 bits per heavy atom. The number of amides is 2. The second kappa shape index (κ2) is 6.44. The summed E-state index contributed by atoms with van der Waals surface area (Å²) in [6, 6.07) is 14.4.